The van der Waals surface area contributed by atoms with Gasteiger partial charge in [0.15, 0.2) is 0 Å². The molecular formula is C14H19N3O2. The van der Waals surface area contributed by atoms with E-state index in [-0.39, 0.29) is 0 Å². The van der Waals surface area contributed by atoms with Gasteiger partial charge in [-0.25, -0.2) is 4.79 Å². The summed E-state index contributed by atoms with van der Waals surface area (Å²) in [5.74, 6) is -0.860. The number of benzene rings is 1. The van der Waals surface area contributed by atoms with E-state index in [0.29, 0.717) is 11.6 Å². The molecule has 2 aliphatic heterocycles. The van der Waals surface area contributed by atoms with Crippen molar-refractivity contribution in [1.82, 2.24) is 5.32 Å². The zero-order valence-electron chi connectivity index (χ0n) is 11.1. The van der Waals surface area contributed by atoms with Gasteiger partial charge in [-0.15, -0.1) is 0 Å². The number of aromatic carboxylic acids is 1. The number of hydrogen-bond acceptors (Lipinski definition) is 4. The third kappa shape index (κ3) is 2.04. The summed E-state index contributed by atoms with van der Waals surface area (Å²) in [7, 11) is 0. The molecule has 0 saturated carbocycles. The summed E-state index contributed by atoms with van der Waals surface area (Å²) >= 11 is 0. The van der Waals surface area contributed by atoms with E-state index in [4.69, 9.17) is 5.11 Å². The molecule has 1 unspecified atom stereocenters. The first-order chi connectivity index (χ1) is 9.20. The van der Waals surface area contributed by atoms with Crippen LogP contribution in [0.2, 0.25) is 0 Å². The molecule has 1 saturated heterocycles. The Labute approximate surface area is 112 Å². The van der Waals surface area contributed by atoms with Gasteiger partial charge in [0.2, 0.25) is 0 Å². The first-order valence-corrected chi connectivity index (χ1v) is 6.80. The highest BCUT2D eigenvalue weighted by Gasteiger charge is 2.32. The average molecular weight is 261 g/mol. The van der Waals surface area contributed by atoms with Gasteiger partial charge >= 0.3 is 5.97 Å². The van der Waals surface area contributed by atoms with Crippen LogP contribution in [0.15, 0.2) is 18.2 Å². The molecule has 0 radical (unpaired) electrons. The van der Waals surface area contributed by atoms with E-state index in [0.717, 1.165) is 38.4 Å². The molecule has 2 aliphatic rings. The molecule has 1 aromatic rings. The Morgan fingerprint density at radius 1 is 1.47 bits per heavy atom. The minimum Gasteiger partial charge on any atom is -0.478 e. The summed E-state index contributed by atoms with van der Waals surface area (Å²) in [6.07, 6.45) is 0. The van der Waals surface area contributed by atoms with Crippen LogP contribution in [-0.2, 0) is 0 Å². The molecule has 0 spiro atoms. The van der Waals surface area contributed by atoms with Crippen molar-refractivity contribution < 1.29 is 9.90 Å². The van der Waals surface area contributed by atoms with Crippen LogP contribution >= 0.6 is 0 Å². The van der Waals surface area contributed by atoms with Crippen LogP contribution in [0.4, 0.5) is 11.4 Å². The Balaban J connectivity index is 2.04. The third-order valence-corrected chi connectivity index (χ3v) is 4.04. The van der Waals surface area contributed by atoms with Gasteiger partial charge in [-0.05, 0) is 25.1 Å². The maximum Gasteiger partial charge on any atom is 0.335 e. The van der Waals surface area contributed by atoms with Crippen LogP contribution < -0.4 is 15.1 Å². The van der Waals surface area contributed by atoms with E-state index < -0.39 is 5.97 Å². The summed E-state index contributed by atoms with van der Waals surface area (Å²) in [5.41, 5.74) is 2.59. The molecule has 5 heteroatoms. The van der Waals surface area contributed by atoms with Gasteiger partial charge in [-0.2, -0.15) is 0 Å². The van der Waals surface area contributed by atoms with Gasteiger partial charge in [0.25, 0.3) is 0 Å². The van der Waals surface area contributed by atoms with Crippen molar-refractivity contribution in [2.75, 3.05) is 42.5 Å². The van der Waals surface area contributed by atoms with Crippen molar-refractivity contribution in [3.8, 4) is 0 Å². The van der Waals surface area contributed by atoms with Gasteiger partial charge in [-0.1, -0.05) is 0 Å². The van der Waals surface area contributed by atoms with Gasteiger partial charge < -0.3 is 20.2 Å². The second-order valence-electron chi connectivity index (χ2n) is 5.10. The monoisotopic (exact) mass is 261 g/mol. The predicted octanol–water partition coefficient (Wildman–Crippen LogP) is 1.00. The van der Waals surface area contributed by atoms with Gasteiger partial charge in [-0.3, -0.25) is 0 Å². The van der Waals surface area contributed by atoms with Crippen molar-refractivity contribution in [3.63, 3.8) is 0 Å². The van der Waals surface area contributed by atoms with E-state index in [9.17, 15) is 4.79 Å². The van der Waals surface area contributed by atoms with Crippen LogP contribution in [0.5, 0.6) is 0 Å². The second-order valence-corrected chi connectivity index (χ2v) is 5.10. The van der Waals surface area contributed by atoms with E-state index in [2.05, 4.69) is 22.0 Å². The average Bonchev–Trinajstić information content (AvgIpc) is 2.45. The summed E-state index contributed by atoms with van der Waals surface area (Å²) < 4.78 is 0. The normalized spacial score (nSPS) is 21.8. The molecule has 0 bridgehead atoms. The van der Waals surface area contributed by atoms with E-state index in [1.54, 1.807) is 12.1 Å². The Bertz CT molecular complexity index is 503. The van der Waals surface area contributed by atoms with Crippen molar-refractivity contribution >= 4 is 17.3 Å². The smallest absolute Gasteiger partial charge is 0.335 e. The van der Waals surface area contributed by atoms with E-state index >= 15 is 0 Å². The number of piperazine rings is 1. The maximum atomic E-state index is 11.1. The van der Waals surface area contributed by atoms with Crippen LogP contribution in [0.3, 0.4) is 0 Å². The van der Waals surface area contributed by atoms with Crippen LogP contribution in [-0.4, -0.2) is 49.8 Å². The van der Waals surface area contributed by atoms with E-state index in [1.807, 2.05) is 6.07 Å². The number of hydrogen-bond donors (Lipinski definition) is 2. The summed E-state index contributed by atoms with van der Waals surface area (Å²) in [6.45, 7) is 6.95. The summed E-state index contributed by atoms with van der Waals surface area (Å²) in [5, 5.41) is 12.6. The maximum absolute atomic E-state index is 11.1. The van der Waals surface area contributed by atoms with Gasteiger partial charge in [0.05, 0.1) is 23.0 Å². The third-order valence-electron chi connectivity index (χ3n) is 4.04. The lowest BCUT2D eigenvalue weighted by Gasteiger charge is -2.47. The molecule has 2 N–H and O–H groups in total. The Morgan fingerprint density at radius 2 is 2.32 bits per heavy atom. The number of likely N-dealkylation sites (N-methyl/N-ethyl adjacent to an activating group) is 1. The minimum absolute atomic E-state index is 0.366. The molecular weight excluding hydrogens is 242 g/mol. The lowest BCUT2D eigenvalue weighted by molar-refractivity contribution is 0.0697. The fourth-order valence-corrected chi connectivity index (χ4v) is 3.05. The first-order valence-electron chi connectivity index (χ1n) is 6.80. The number of carboxylic acids is 1. The first kappa shape index (κ1) is 12.3. The standard InChI is InChI=1S/C14H19N3O2/c1-2-16-9-11-8-15-5-6-17(11)12-4-3-10(14(18)19)7-13(12)16/h3-4,7,11,15H,2,5-6,8-9H2,1H3,(H,18,19). The number of carbonyl (C=O) groups is 1. The number of nitrogens with one attached hydrogen (secondary N) is 1. The van der Waals surface area contributed by atoms with Crippen molar-refractivity contribution in [3.05, 3.63) is 23.8 Å². The molecule has 1 fully saturated rings. The number of nitrogens with zero attached hydrogens (tertiary/aromatic N) is 2. The zero-order chi connectivity index (χ0) is 13.4. The molecule has 1 aromatic carbocycles. The van der Waals surface area contributed by atoms with Crippen molar-refractivity contribution in [1.29, 1.82) is 0 Å². The summed E-state index contributed by atoms with van der Waals surface area (Å²) in [4.78, 5) is 15.8. The van der Waals surface area contributed by atoms with Crippen LogP contribution in [0, 0.1) is 0 Å². The molecule has 19 heavy (non-hydrogen) atoms. The molecule has 5 nitrogen and oxygen atoms in total. The minimum atomic E-state index is -0.860. The SMILES string of the molecule is CCN1CC2CNCCN2c2ccc(C(=O)O)cc21. The summed E-state index contributed by atoms with van der Waals surface area (Å²) in [6, 6.07) is 5.95. The largest absolute Gasteiger partial charge is 0.478 e. The quantitative estimate of drug-likeness (QED) is 0.832. The van der Waals surface area contributed by atoms with Crippen molar-refractivity contribution in [2.24, 2.45) is 0 Å². The van der Waals surface area contributed by atoms with Gasteiger partial charge in [0.1, 0.15) is 0 Å². The fourth-order valence-electron chi connectivity index (χ4n) is 3.05. The molecule has 2 heterocycles. The lowest BCUT2D eigenvalue weighted by atomic mass is 10.0. The fraction of sp³-hybridized carbons (Fsp3) is 0.500. The van der Waals surface area contributed by atoms with E-state index in [1.165, 1.54) is 5.69 Å². The molecule has 102 valence electrons. The Hall–Kier alpha value is -1.75. The predicted molar refractivity (Wildman–Crippen MR) is 75.3 cm³/mol. The highest BCUT2D eigenvalue weighted by molar-refractivity contribution is 5.91. The van der Waals surface area contributed by atoms with Crippen LogP contribution in [0.1, 0.15) is 17.3 Å². The molecule has 0 aliphatic carbocycles. The number of anilines is 2. The number of fused-ring (bicyclic) bond motifs is 3. The Kier molecular flexibility index (Phi) is 3.06. The Morgan fingerprint density at radius 3 is 3.05 bits per heavy atom. The second kappa shape index (κ2) is 4.74. The topological polar surface area (TPSA) is 55.8 Å². The number of rotatable bonds is 2. The highest BCUT2D eigenvalue weighted by Crippen LogP contribution is 2.36. The van der Waals surface area contributed by atoms with Crippen molar-refractivity contribution in [2.45, 2.75) is 13.0 Å². The van der Waals surface area contributed by atoms with Crippen LogP contribution in [0.25, 0.3) is 0 Å². The molecule has 0 aromatic heterocycles. The molecule has 3 rings (SSSR count). The number of carboxylic acid groups (broad SMARTS) is 1. The zero-order valence-corrected chi connectivity index (χ0v) is 11.1. The van der Waals surface area contributed by atoms with Gasteiger partial charge in [0, 0.05) is 32.7 Å². The molecule has 0 amide bonds. The lowest BCUT2D eigenvalue weighted by Crippen LogP contribution is -2.58. The highest BCUT2D eigenvalue weighted by atomic mass is 16.4. The molecule has 1 atom stereocenters.